The zero-order valence-electron chi connectivity index (χ0n) is 12.1. The van der Waals surface area contributed by atoms with Gasteiger partial charge in [0.15, 0.2) is 0 Å². The standard InChI is InChI=1S/C15H24N2O2S/c1-18-12-8-13(20-10-12)14(17-16)11-4-7-19-15(9-11)5-2-3-6-15/h8,10-11,14,17H,2-7,9,16H2,1H3. The van der Waals surface area contributed by atoms with Gasteiger partial charge in [-0.1, -0.05) is 12.8 Å². The molecule has 1 aliphatic heterocycles. The van der Waals surface area contributed by atoms with Crippen molar-refractivity contribution in [3.63, 3.8) is 0 Å². The van der Waals surface area contributed by atoms with Crippen LogP contribution in [0.5, 0.6) is 5.75 Å². The molecule has 1 aromatic heterocycles. The third-order valence-electron chi connectivity index (χ3n) is 4.83. The van der Waals surface area contributed by atoms with E-state index in [2.05, 4.69) is 11.5 Å². The molecule has 0 amide bonds. The molecule has 2 fully saturated rings. The predicted octanol–water partition coefficient (Wildman–Crippen LogP) is 3.00. The molecule has 1 aromatic rings. The maximum absolute atomic E-state index is 6.12. The van der Waals surface area contributed by atoms with Gasteiger partial charge >= 0.3 is 0 Å². The molecule has 112 valence electrons. The minimum atomic E-state index is 0.138. The molecule has 5 heteroatoms. The number of hydrogen-bond acceptors (Lipinski definition) is 5. The van der Waals surface area contributed by atoms with Crippen molar-refractivity contribution >= 4 is 11.3 Å². The summed E-state index contributed by atoms with van der Waals surface area (Å²) in [6.45, 7) is 0.866. The lowest BCUT2D eigenvalue weighted by Crippen LogP contribution is -2.43. The number of hydrazine groups is 1. The maximum Gasteiger partial charge on any atom is 0.129 e. The number of thiophene rings is 1. The van der Waals surface area contributed by atoms with Crippen LogP contribution in [-0.4, -0.2) is 19.3 Å². The summed E-state index contributed by atoms with van der Waals surface area (Å²) in [4.78, 5) is 1.27. The van der Waals surface area contributed by atoms with Crippen LogP contribution in [0.1, 0.15) is 49.4 Å². The molecule has 4 nitrogen and oxygen atoms in total. The van der Waals surface area contributed by atoms with Gasteiger partial charge in [-0.25, -0.2) is 0 Å². The zero-order valence-corrected chi connectivity index (χ0v) is 12.9. The highest BCUT2D eigenvalue weighted by Crippen LogP contribution is 2.46. The summed E-state index contributed by atoms with van der Waals surface area (Å²) in [6.07, 6.45) is 7.25. The highest BCUT2D eigenvalue weighted by molar-refractivity contribution is 7.10. The van der Waals surface area contributed by atoms with Crippen LogP contribution in [0.2, 0.25) is 0 Å². The molecule has 0 radical (unpaired) electrons. The number of ether oxygens (including phenoxy) is 2. The second-order valence-corrected chi connectivity index (χ2v) is 6.97. The van der Waals surface area contributed by atoms with Gasteiger partial charge in [0, 0.05) is 16.9 Å². The van der Waals surface area contributed by atoms with Gasteiger partial charge in [0.2, 0.25) is 0 Å². The summed E-state index contributed by atoms with van der Waals surface area (Å²) in [5.41, 5.74) is 3.17. The summed E-state index contributed by atoms with van der Waals surface area (Å²) in [5, 5.41) is 2.05. The largest absolute Gasteiger partial charge is 0.496 e. The first-order chi connectivity index (χ1) is 9.76. The van der Waals surface area contributed by atoms with E-state index >= 15 is 0 Å². The van der Waals surface area contributed by atoms with E-state index in [4.69, 9.17) is 15.3 Å². The van der Waals surface area contributed by atoms with Gasteiger partial charge in [-0.05, 0) is 37.7 Å². The molecular weight excluding hydrogens is 272 g/mol. The lowest BCUT2D eigenvalue weighted by Gasteiger charge is -2.41. The van der Waals surface area contributed by atoms with E-state index in [0.29, 0.717) is 5.92 Å². The maximum atomic E-state index is 6.12. The fraction of sp³-hybridized carbons (Fsp3) is 0.733. The van der Waals surface area contributed by atoms with Crippen molar-refractivity contribution in [2.75, 3.05) is 13.7 Å². The van der Waals surface area contributed by atoms with Gasteiger partial charge in [-0.2, -0.15) is 0 Å². The van der Waals surface area contributed by atoms with Crippen LogP contribution >= 0.6 is 11.3 Å². The lowest BCUT2D eigenvalue weighted by molar-refractivity contribution is -0.0980. The average Bonchev–Trinajstić information content (AvgIpc) is 3.10. The topological polar surface area (TPSA) is 56.5 Å². The molecule has 2 atom stereocenters. The third-order valence-corrected chi connectivity index (χ3v) is 5.83. The number of methoxy groups -OCH3 is 1. The Balaban J connectivity index is 1.75. The van der Waals surface area contributed by atoms with Crippen LogP contribution in [0.4, 0.5) is 0 Å². The Morgan fingerprint density at radius 1 is 1.50 bits per heavy atom. The van der Waals surface area contributed by atoms with Crippen LogP contribution < -0.4 is 16.0 Å². The van der Waals surface area contributed by atoms with Crippen molar-refractivity contribution in [2.24, 2.45) is 11.8 Å². The Bertz CT molecular complexity index is 443. The zero-order chi connectivity index (χ0) is 14.0. The normalized spacial score (nSPS) is 26.8. The third kappa shape index (κ3) is 2.72. The molecule has 2 unspecified atom stereocenters. The van der Waals surface area contributed by atoms with E-state index in [0.717, 1.165) is 25.2 Å². The fourth-order valence-corrected chi connectivity index (χ4v) is 4.78. The Hall–Kier alpha value is -0.620. The number of hydrogen-bond donors (Lipinski definition) is 2. The van der Waals surface area contributed by atoms with E-state index in [1.165, 1.54) is 30.6 Å². The van der Waals surface area contributed by atoms with E-state index in [9.17, 15) is 0 Å². The summed E-state index contributed by atoms with van der Waals surface area (Å²) in [6, 6.07) is 2.32. The van der Waals surface area contributed by atoms with Gasteiger partial charge in [0.1, 0.15) is 5.75 Å². The van der Waals surface area contributed by atoms with Crippen molar-refractivity contribution in [1.29, 1.82) is 0 Å². The first-order valence-corrected chi connectivity index (χ1v) is 8.37. The molecule has 20 heavy (non-hydrogen) atoms. The van der Waals surface area contributed by atoms with Crippen molar-refractivity contribution in [1.82, 2.24) is 5.43 Å². The molecule has 1 saturated carbocycles. The van der Waals surface area contributed by atoms with Crippen LogP contribution in [0.25, 0.3) is 0 Å². The molecule has 1 spiro atoms. The molecule has 2 heterocycles. The monoisotopic (exact) mass is 296 g/mol. The van der Waals surface area contributed by atoms with Crippen LogP contribution in [-0.2, 0) is 4.74 Å². The van der Waals surface area contributed by atoms with Gasteiger partial charge in [-0.15, -0.1) is 11.3 Å². The van der Waals surface area contributed by atoms with Crippen molar-refractivity contribution in [3.8, 4) is 5.75 Å². The Morgan fingerprint density at radius 2 is 2.30 bits per heavy atom. The van der Waals surface area contributed by atoms with E-state index in [1.807, 2.05) is 5.38 Å². The van der Waals surface area contributed by atoms with E-state index in [1.54, 1.807) is 18.4 Å². The Labute approximate surface area is 124 Å². The minimum absolute atomic E-state index is 0.138. The SMILES string of the molecule is COc1csc(C(NN)C2CCOC3(CCCC3)C2)c1. The molecule has 0 bridgehead atoms. The Morgan fingerprint density at radius 3 is 2.95 bits per heavy atom. The quantitative estimate of drug-likeness (QED) is 0.662. The molecule has 1 saturated heterocycles. The van der Waals surface area contributed by atoms with Gasteiger partial charge in [0.05, 0.1) is 18.8 Å². The molecule has 2 aliphatic rings. The van der Waals surface area contributed by atoms with Crippen molar-refractivity contribution < 1.29 is 9.47 Å². The molecule has 0 aromatic carbocycles. The fourth-order valence-electron chi connectivity index (χ4n) is 3.77. The van der Waals surface area contributed by atoms with E-state index in [-0.39, 0.29) is 11.6 Å². The summed E-state index contributed by atoms with van der Waals surface area (Å²) < 4.78 is 11.4. The van der Waals surface area contributed by atoms with Crippen molar-refractivity contribution in [3.05, 3.63) is 16.3 Å². The average molecular weight is 296 g/mol. The van der Waals surface area contributed by atoms with Gasteiger partial charge in [0.25, 0.3) is 0 Å². The number of nitrogens with two attached hydrogens (primary N) is 1. The predicted molar refractivity (Wildman–Crippen MR) is 80.8 cm³/mol. The first-order valence-electron chi connectivity index (χ1n) is 7.49. The van der Waals surface area contributed by atoms with Gasteiger partial charge < -0.3 is 9.47 Å². The number of rotatable bonds is 4. The summed E-state index contributed by atoms with van der Waals surface area (Å²) in [7, 11) is 1.71. The van der Waals surface area contributed by atoms with Gasteiger partial charge in [-0.3, -0.25) is 11.3 Å². The second-order valence-electron chi connectivity index (χ2n) is 6.02. The van der Waals surface area contributed by atoms with Crippen LogP contribution in [0.15, 0.2) is 11.4 Å². The highest BCUT2D eigenvalue weighted by Gasteiger charge is 2.42. The molecule has 3 rings (SSSR count). The van der Waals surface area contributed by atoms with E-state index < -0.39 is 0 Å². The van der Waals surface area contributed by atoms with Crippen LogP contribution in [0.3, 0.4) is 0 Å². The smallest absolute Gasteiger partial charge is 0.129 e. The molecule has 1 aliphatic carbocycles. The summed E-state index contributed by atoms with van der Waals surface area (Å²) >= 11 is 1.72. The van der Waals surface area contributed by atoms with Crippen molar-refractivity contribution in [2.45, 2.75) is 50.2 Å². The second kappa shape index (κ2) is 6.02. The summed E-state index contributed by atoms with van der Waals surface area (Å²) in [5.74, 6) is 7.32. The number of nitrogens with one attached hydrogen (secondary N) is 1. The molecule has 3 N–H and O–H groups in total. The first kappa shape index (κ1) is 14.3. The Kier molecular flexibility index (Phi) is 4.31. The minimum Gasteiger partial charge on any atom is -0.496 e. The lowest BCUT2D eigenvalue weighted by atomic mass is 9.80. The van der Waals surface area contributed by atoms with Crippen LogP contribution in [0, 0.1) is 5.92 Å². The molecular formula is C15H24N2O2S. The highest BCUT2D eigenvalue weighted by atomic mass is 32.1.